The number of primary amides is 1. The maximum absolute atomic E-state index is 10.7. The molecule has 0 aliphatic rings. The summed E-state index contributed by atoms with van der Waals surface area (Å²) < 4.78 is 5.04. The molecule has 4 heteroatoms. The van der Waals surface area contributed by atoms with E-state index >= 15 is 0 Å². The number of fused-ring (bicyclic) bond motifs is 1. The van der Waals surface area contributed by atoms with Gasteiger partial charge in [-0.2, -0.15) is 0 Å². The van der Waals surface area contributed by atoms with Crippen LogP contribution in [0.15, 0.2) is 28.7 Å². The molecular weight excluding hydrogens is 170 g/mol. The summed E-state index contributed by atoms with van der Waals surface area (Å²) in [6.45, 7) is 0. The van der Waals surface area contributed by atoms with E-state index in [2.05, 4.69) is 0 Å². The van der Waals surface area contributed by atoms with Crippen LogP contribution in [-0.4, -0.2) is 11.0 Å². The van der Waals surface area contributed by atoms with Gasteiger partial charge in [-0.15, -0.1) is 0 Å². The van der Waals surface area contributed by atoms with Crippen LogP contribution in [0, 0.1) is 0 Å². The summed E-state index contributed by atoms with van der Waals surface area (Å²) in [7, 11) is 0. The molecule has 1 aromatic heterocycles. The van der Waals surface area contributed by atoms with Crippen LogP contribution in [-0.2, 0) is 0 Å². The number of benzene rings is 1. The van der Waals surface area contributed by atoms with Crippen LogP contribution < -0.4 is 5.73 Å². The molecule has 0 saturated carbocycles. The number of hydrogen-bond acceptors (Lipinski definition) is 3. The number of nitrogens with two attached hydrogens (primary N) is 1. The second-order valence-corrected chi connectivity index (χ2v) is 2.67. The summed E-state index contributed by atoms with van der Waals surface area (Å²) in [6.07, 6.45) is 0. The highest BCUT2D eigenvalue weighted by atomic mass is 16.4. The van der Waals surface area contributed by atoms with E-state index in [4.69, 9.17) is 10.2 Å². The Labute approximate surface area is 73.6 Å². The van der Waals surface area contributed by atoms with Crippen molar-refractivity contribution in [1.82, 2.24) is 0 Å². The van der Waals surface area contributed by atoms with E-state index in [0.29, 0.717) is 5.39 Å². The first-order valence-corrected chi connectivity index (χ1v) is 3.70. The Balaban J connectivity index is 2.75. The average Bonchev–Trinajstić information content (AvgIpc) is 2.49. The van der Waals surface area contributed by atoms with Gasteiger partial charge in [0, 0.05) is 5.39 Å². The predicted molar refractivity (Wildman–Crippen MR) is 46.4 cm³/mol. The van der Waals surface area contributed by atoms with Crippen molar-refractivity contribution in [1.29, 1.82) is 0 Å². The number of rotatable bonds is 1. The van der Waals surface area contributed by atoms with Crippen molar-refractivity contribution in [2.75, 3.05) is 0 Å². The van der Waals surface area contributed by atoms with Crippen LogP contribution in [0.3, 0.4) is 0 Å². The topological polar surface area (TPSA) is 76.5 Å². The zero-order valence-corrected chi connectivity index (χ0v) is 6.65. The molecule has 0 unspecified atom stereocenters. The van der Waals surface area contributed by atoms with Crippen LogP contribution >= 0.6 is 0 Å². The second-order valence-electron chi connectivity index (χ2n) is 2.67. The SMILES string of the molecule is NC(=O)c1cc2cccc(O)c2o1. The number of aromatic hydroxyl groups is 1. The molecule has 3 N–H and O–H groups in total. The molecule has 0 atom stereocenters. The summed E-state index contributed by atoms with van der Waals surface area (Å²) in [5.41, 5.74) is 5.30. The van der Waals surface area contributed by atoms with E-state index in [1.54, 1.807) is 12.1 Å². The van der Waals surface area contributed by atoms with Gasteiger partial charge in [0.1, 0.15) is 0 Å². The lowest BCUT2D eigenvalue weighted by molar-refractivity contribution is 0.0976. The molecule has 2 aromatic rings. The van der Waals surface area contributed by atoms with Crippen LogP contribution in [0.2, 0.25) is 0 Å². The smallest absolute Gasteiger partial charge is 0.284 e. The fourth-order valence-corrected chi connectivity index (χ4v) is 1.17. The maximum atomic E-state index is 10.7. The molecule has 1 amide bonds. The molecule has 13 heavy (non-hydrogen) atoms. The van der Waals surface area contributed by atoms with Crippen molar-refractivity contribution in [3.63, 3.8) is 0 Å². The van der Waals surface area contributed by atoms with E-state index in [1.807, 2.05) is 0 Å². The minimum Gasteiger partial charge on any atom is -0.504 e. The number of amides is 1. The van der Waals surface area contributed by atoms with Gasteiger partial charge in [-0.05, 0) is 12.1 Å². The van der Waals surface area contributed by atoms with Gasteiger partial charge in [0.2, 0.25) is 0 Å². The lowest BCUT2D eigenvalue weighted by atomic mass is 10.2. The fraction of sp³-hybridized carbons (Fsp3) is 0. The summed E-state index contributed by atoms with van der Waals surface area (Å²) in [5.74, 6) is -0.586. The first-order chi connectivity index (χ1) is 6.18. The van der Waals surface area contributed by atoms with Gasteiger partial charge in [-0.25, -0.2) is 0 Å². The molecule has 66 valence electrons. The normalized spacial score (nSPS) is 10.5. The van der Waals surface area contributed by atoms with Crippen molar-refractivity contribution in [2.24, 2.45) is 5.73 Å². The van der Waals surface area contributed by atoms with E-state index in [1.165, 1.54) is 12.1 Å². The monoisotopic (exact) mass is 177 g/mol. The van der Waals surface area contributed by atoms with Crippen LogP contribution in [0.25, 0.3) is 11.0 Å². The molecule has 4 nitrogen and oxygen atoms in total. The Morgan fingerprint density at radius 2 is 2.23 bits per heavy atom. The number of furan rings is 1. The molecule has 1 heterocycles. The Morgan fingerprint density at radius 1 is 1.46 bits per heavy atom. The molecule has 0 aliphatic heterocycles. The quantitative estimate of drug-likeness (QED) is 0.687. The zero-order valence-electron chi connectivity index (χ0n) is 6.65. The highest BCUT2D eigenvalue weighted by Crippen LogP contribution is 2.26. The van der Waals surface area contributed by atoms with Crippen molar-refractivity contribution in [3.05, 3.63) is 30.0 Å². The number of carbonyl (C=O) groups excluding carboxylic acids is 1. The third-order valence-electron chi connectivity index (χ3n) is 1.77. The maximum Gasteiger partial charge on any atom is 0.284 e. The van der Waals surface area contributed by atoms with E-state index in [0.717, 1.165) is 0 Å². The standard InChI is InChI=1S/C9H7NO3/c10-9(12)7-4-5-2-1-3-6(11)8(5)13-7/h1-4,11H,(H2,10,12). The Bertz CT molecular complexity index is 473. The minimum absolute atomic E-state index is 0.00463. The molecule has 0 spiro atoms. The van der Waals surface area contributed by atoms with E-state index < -0.39 is 5.91 Å². The Morgan fingerprint density at radius 3 is 2.85 bits per heavy atom. The summed E-state index contributed by atoms with van der Waals surface area (Å²) >= 11 is 0. The summed E-state index contributed by atoms with van der Waals surface area (Å²) in [5, 5.41) is 9.98. The van der Waals surface area contributed by atoms with Crippen molar-refractivity contribution in [3.8, 4) is 5.75 Å². The number of carbonyl (C=O) groups is 1. The fourth-order valence-electron chi connectivity index (χ4n) is 1.17. The lowest BCUT2D eigenvalue weighted by Crippen LogP contribution is -2.08. The number of para-hydroxylation sites is 1. The predicted octanol–water partition coefficient (Wildman–Crippen LogP) is 1.24. The van der Waals surface area contributed by atoms with Crippen molar-refractivity contribution >= 4 is 16.9 Å². The molecule has 0 fully saturated rings. The Kier molecular flexibility index (Phi) is 1.48. The largest absolute Gasteiger partial charge is 0.504 e. The number of hydrogen-bond donors (Lipinski definition) is 2. The van der Waals surface area contributed by atoms with Crippen molar-refractivity contribution in [2.45, 2.75) is 0 Å². The molecule has 0 bridgehead atoms. The average molecular weight is 177 g/mol. The molecule has 0 radical (unpaired) electrons. The van der Waals surface area contributed by atoms with E-state index in [9.17, 15) is 9.90 Å². The summed E-state index contributed by atoms with van der Waals surface area (Å²) in [4.78, 5) is 10.7. The lowest BCUT2D eigenvalue weighted by Gasteiger charge is -1.90. The summed E-state index contributed by atoms with van der Waals surface area (Å²) in [6, 6.07) is 6.37. The van der Waals surface area contributed by atoms with Gasteiger partial charge in [-0.1, -0.05) is 12.1 Å². The molecule has 2 rings (SSSR count). The van der Waals surface area contributed by atoms with Gasteiger partial charge in [0.05, 0.1) is 0 Å². The van der Waals surface area contributed by atoms with Gasteiger partial charge in [0.25, 0.3) is 5.91 Å². The number of phenols is 1. The van der Waals surface area contributed by atoms with E-state index in [-0.39, 0.29) is 17.1 Å². The highest BCUT2D eigenvalue weighted by molar-refractivity contribution is 5.96. The van der Waals surface area contributed by atoms with Crippen LogP contribution in [0.4, 0.5) is 0 Å². The number of phenolic OH excluding ortho intramolecular Hbond substituents is 1. The van der Waals surface area contributed by atoms with Gasteiger partial charge in [0.15, 0.2) is 17.1 Å². The second kappa shape index (κ2) is 2.52. The van der Waals surface area contributed by atoms with Gasteiger partial charge in [-0.3, -0.25) is 4.79 Å². The first kappa shape index (κ1) is 7.67. The third kappa shape index (κ3) is 1.12. The van der Waals surface area contributed by atoms with Gasteiger partial charge < -0.3 is 15.3 Å². The van der Waals surface area contributed by atoms with Crippen molar-refractivity contribution < 1.29 is 14.3 Å². The minimum atomic E-state index is -0.643. The molecule has 1 aromatic carbocycles. The molecular formula is C9H7NO3. The van der Waals surface area contributed by atoms with Crippen LogP contribution in [0.5, 0.6) is 5.75 Å². The zero-order chi connectivity index (χ0) is 9.42. The molecule has 0 saturated heterocycles. The Hall–Kier alpha value is -1.97. The van der Waals surface area contributed by atoms with Gasteiger partial charge >= 0.3 is 0 Å². The highest BCUT2D eigenvalue weighted by Gasteiger charge is 2.10. The molecule has 0 aliphatic carbocycles. The van der Waals surface area contributed by atoms with Crippen LogP contribution in [0.1, 0.15) is 10.6 Å². The third-order valence-corrected chi connectivity index (χ3v) is 1.77. The first-order valence-electron chi connectivity index (χ1n) is 3.70.